The van der Waals surface area contributed by atoms with Crippen LogP contribution in [0.4, 0.5) is 0 Å². The monoisotopic (exact) mass is 337 g/mol. The van der Waals surface area contributed by atoms with E-state index in [1.54, 1.807) is 0 Å². The topological polar surface area (TPSA) is 0 Å². The van der Waals surface area contributed by atoms with Gasteiger partial charge in [-0.05, 0) is 0 Å². The number of hydrogen-bond donors (Lipinski definition) is 0. The van der Waals surface area contributed by atoms with E-state index in [9.17, 15) is 0 Å². The number of hydrogen-bond acceptors (Lipinski definition) is 0. The van der Waals surface area contributed by atoms with Crippen molar-refractivity contribution >= 4 is 34.1 Å². The summed E-state index contributed by atoms with van der Waals surface area (Å²) < 4.78 is 0. The zero-order valence-electron chi connectivity index (χ0n) is 1.83. The van der Waals surface area contributed by atoms with Crippen LogP contribution >= 0.6 is 0 Å². The summed E-state index contributed by atoms with van der Waals surface area (Å²) in [6, 6.07) is 0. The Labute approximate surface area is 77.4 Å². The molecule has 0 aromatic carbocycles. The predicted octanol–water partition coefficient (Wildman–Crippen LogP) is -0.767. The first-order valence-electron chi connectivity index (χ1n) is 0. The molecule has 0 N–H and O–H groups in total. The number of rotatable bonds is 0. The second kappa shape index (κ2) is 17.9. The first kappa shape index (κ1) is 31.6. The molecule has 25 valence electrons. The van der Waals surface area contributed by atoms with E-state index >= 15 is 0 Å². The van der Waals surface area contributed by atoms with E-state index in [4.69, 9.17) is 0 Å². The first-order chi connectivity index (χ1) is 0. The molecular formula is CdCuSe2. The summed E-state index contributed by atoms with van der Waals surface area (Å²) in [6.45, 7) is 0. The van der Waals surface area contributed by atoms with Crippen molar-refractivity contribution in [3.05, 3.63) is 0 Å². The van der Waals surface area contributed by atoms with Gasteiger partial charge in [-0.1, -0.05) is 0 Å². The van der Waals surface area contributed by atoms with Crippen LogP contribution < -0.4 is 0 Å². The Morgan fingerprint density at radius 2 is 0.750 bits per heavy atom. The van der Waals surface area contributed by atoms with Gasteiger partial charge in [0.1, 0.15) is 0 Å². The van der Waals surface area contributed by atoms with E-state index in [0.717, 1.165) is 0 Å². The third kappa shape index (κ3) is 8.82. The first-order valence-corrected chi connectivity index (χ1v) is 0. The zero-order chi connectivity index (χ0) is 0. The fraction of sp³-hybridized carbons (Fsp3) is 0. The minimum absolute atomic E-state index is 0. The van der Waals surface area contributed by atoms with Gasteiger partial charge in [-0.3, -0.25) is 0 Å². The van der Waals surface area contributed by atoms with E-state index in [0.29, 0.717) is 0 Å². The van der Waals surface area contributed by atoms with E-state index in [-0.39, 0.29) is 78.5 Å². The van der Waals surface area contributed by atoms with Crippen LogP contribution in [-0.4, -0.2) is 34.1 Å². The van der Waals surface area contributed by atoms with Gasteiger partial charge in [0, 0.05) is 0 Å². The Morgan fingerprint density at radius 3 is 0.750 bits per heavy atom. The van der Waals surface area contributed by atoms with Crippen LogP contribution in [0.3, 0.4) is 0 Å². The molecule has 0 fully saturated rings. The Morgan fingerprint density at radius 1 is 0.750 bits per heavy atom. The summed E-state index contributed by atoms with van der Waals surface area (Å²) in [5.41, 5.74) is 0. The van der Waals surface area contributed by atoms with Crippen molar-refractivity contribution < 1.29 is 44.4 Å². The van der Waals surface area contributed by atoms with Crippen LogP contribution in [0.1, 0.15) is 0 Å². The van der Waals surface area contributed by atoms with Crippen LogP contribution in [-0.2, 0) is 44.4 Å². The fourth-order valence-corrected chi connectivity index (χ4v) is 0. The van der Waals surface area contributed by atoms with Gasteiger partial charge in [0.2, 0.25) is 0 Å². The Bertz CT molecular complexity index is 6.00. The van der Waals surface area contributed by atoms with Crippen molar-refractivity contribution in [3.63, 3.8) is 0 Å². The van der Waals surface area contributed by atoms with Gasteiger partial charge in [-0.15, -0.1) is 0 Å². The van der Waals surface area contributed by atoms with Gasteiger partial charge >= 0.3 is 44.4 Å². The molecule has 0 aliphatic rings. The largest absolute Gasteiger partial charge is 2.00 e. The second-order valence-electron chi connectivity index (χ2n) is 0. The summed E-state index contributed by atoms with van der Waals surface area (Å²) in [7, 11) is 0. The molecular weight excluding hydrogens is 334 g/mol. The van der Waals surface area contributed by atoms with Crippen molar-refractivity contribution in [2.45, 2.75) is 0 Å². The maximum absolute atomic E-state index is 0. The molecule has 0 unspecified atom stereocenters. The fourth-order valence-electron chi connectivity index (χ4n) is 0. The van der Waals surface area contributed by atoms with Crippen molar-refractivity contribution in [1.29, 1.82) is 0 Å². The summed E-state index contributed by atoms with van der Waals surface area (Å²) >= 11 is 0. The zero-order valence-corrected chi connectivity index (χ0v) is 10.2. The molecule has 0 saturated heterocycles. The van der Waals surface area contributed by atoms with Crippen LogP contribution in [0, 0.1) is 0 Å². The molecule has 0 bridgehead atoms. The van der Waals surface area contributed by atoms with Gasteiger partial charge in [0.25, 0.3) is 0 Å². The predicted molar refractivity (Wildman–Crippen MR) is 11.5 cm³/mol. The molecule has 0 rings (SSSR count). The third-order valence-corrected chi connectivity index (χ3v) is 0. The van der Waals surface area contributed by atoms with Gasteiger partial charge in [0.05, 0.1) is 0 Å². The molecule has 4 heavy (non-hydrogen) atoms. The molecule has 0 atom stereocenters. The van der Waals surface area contributed by atoms with Crippen molar-refractivity contribution in [1.82, 2.24) is 0 Å². The van der Waals surface area contributed by atoms with E-state index in [2.05, 4.69) is 0 Å². The molecule has 0 nitrogen and oxygen atoms in total. The maximum Gasteiger partial charge on any atom is 2.00 e. The van der Waals surface area contributed by atoms with Gasteiger partial charge in [-0.25, -0.2) is 0 Å². The van der Waals surface area contributed by atoms with Crippen molar-refractivity contribution in [2.75, 3.05) is 0 Å². The van der Waals surface area contributed by atoms with E-state index in [1.807, 2.05) is 0 Å². The summed E-state index contributed by atoms with van der Waals surface area (Å²) in [6.07, 6.45) is 0. The molecule has 1 radical (unpaired) electrons. The SMILES string of the molecule is [Cd+2].[Cu+2].[Se-2].[Se-2]. The van der Waals surface area contributed by atoms with Gasteiger partial charge in [0.15, 0.2) is 0 Å². The van der Waals surface area contributed by atoms with E-state index in [1.165, 1.54) is 0 Å². The van der Waals surface area contributed by atoms with Crippen LogP contribution in [0.5, 0.6) is 0 Å². The Hall–Kier alpha value is 2.48. The maximum atomic E-state index is 0. The van der Waals surface area contributed by atoms with Crippen LogP contribution in [0.25, 0.3) is 0 Å². The molecule has 0 aromatic rings. The molecule has 0 aromatic heterocycles. The minimum atomic E-state index is 0. The van der Waals surface area contributed by atoms with E-state index < -0.39 is 0 Å². The average Bonchev–Trinajstić information content (AvgIpc) is 0. The molecule has 0 aliphatic carbocycles. The molecule has 0 heterocycles. The van der Waals surface area contributed by atoms with Gasteiger partial charge < -0.3 is 34.1 Å². The quantitative estimate of drug-likeness (QED) is 0.511. The summed E-state index contributed by atoms with van der Waals surface area (Å²) in [5, 5.41) is 0. The second-order valence-corrected chi connectivity index (χ2v) is 0. The van der Waals surface area contributed by atoms with Crippen molar-refractivity contribution in [2.24, 2.45) is 0 Å². The normalized spacial score (nSPS) is 0. The van der Waals surface area contributed by atoms with Crippen molar-refractivity contribution in [3.8, 4) is 0 Å². The van der Waals surface area contributed by atoms with Crippen LogP contribution in [0.15, 0.2) is 0 Å². The molecule has 0 spiro atoms. The smallest absolute Gasteiger partial charge is 2.00 e. The summed E-state index contributed by atoms with van der Waals surface area (Å²) in [5.74, 6) is 0. The van der Waals surface area contributed by atoms with Crippen LogP contribution in [0.2, 0.25) is 0 Å². The molecule has 0 saturated carbocycles. The Kier molecular flexibility index (Phi) is 141. The average molecular weight is 334 g/mol. The Balaban J connectivity index is 0. The molecule has 4 heteroatoms. The molecule has 0 aliphatic heterocycles. The minimum Gasteiger partial charge on any atom is -2.00 e. The molecule has 0 amide bonds. The summed E-state index contributed by atoms with van der Waals surface area (Å²) in [4.78, 5) is 0. The third-order valence-electron chi connectivity index (χ3n) is 0. The standard InChI is InChI=1S/Cd.Cu.2Se/q2*+2;2*-2. The van der Waals surface area contributed by atoms with Gasteiger partial charge in [-0.2, -0.15) is 0 Å².